The van der Waals surface area contributed by atoms with Gasteiger partial charge in [0.05, 0.1) is 11.6 Å². The van der Waals surface area contributed by atoms with Gasteiger partial charge in [-0.1, -0.05) is 28.1 Å². The van der Waals surface area contributed by atoms with E-state index in [0.29, 0.717) is 5.56 Å². The highest BCUT2D eigenvalue weighted by Gasteiger charge is 2.12. The highest BCUT2D eigenvalue weighted by Crippen LogP contribution is 2.31. The van der Waals surface area contributed by atoms with E-state index in [-0.39, 0.29) is 0 Å². The molecule has 0 saturated heterocycles. The second kappa shape index (κ2) is 7.27. The molecule has 2 aromatic rings. The van der Waals surface area contributed by atoms with E-state index >= 15 is 0 Å². The number of hydrogen-bond donors (Lipinski definition) is 2. The molecule has 2 rings (SSSR count). The monoisotopic (exact) mass is 385 g/mol. The molecule has 0 spiro atoms. The molecule has 0 bridgehead atoms. The van der Waals surface area contributed by atoms with Gasteiger partial charge < -0.3 is 11.1 Å². The van der Waals surface area contributed by atoms with Crippen LogP contribution in [0.4, 0.5) is 11.4 Å². The lowest BCUT2D eigenvalue weighted by molar-refractivity contribution is 1.000. The van der Waals surface area contributed by atoms with Gasteiger partial charge in [0.15, 0.2) is 0 Å². The predicted molar refractivity (Wildman–Crippen MR) is 106 cm³/mol. The van der Waals surface area contributed by atoms with E-state index in [1.807, 2.05) is 19.9 Å². The van der Waals surface area contributed by atoms with Crippen molar-refractivity contribution >= 4 is 27.3 Å². The second-order valence-electron chi connectivity index (χ2n) is 6.38. The molecule has 0 aliphatic rings. The molecule has 0 unspecified atom stereocenters. The third-order valence-corrected chi connectivity index (χ3v) is 5.82. The number of halogens is 1. The summed E-state index contributed by atoms with van der Waals surface area (Å²) in [7, 11) is 0. The van der Waals surface area contributed by atoms with E-state index in [0.717, 1.165) is 45.5 Å². The molecule has 3 N–H and O–H groups in total. The van der Waals surface area contributed by atoms with Gasteiger partial charge in [0.2, 0.25) is 0 Å². The lowest BCUT2D eigenvalue weighted by Gasteiger charge is -2.17. The Morgan fingerprint density at radius 1 is 1.04 bits per heavy atom. The molecule has 0 amide bonds. The van der Waals surface area contributed by atoms with E-state index in [1.165, 1.54) is 16.7 Å². The summed E-state index contributed by atoms with van der Waals surface area (Å²) >= 11 is 3.65. The second-order valence-corrected chi connectivity index (χ2v) is 7.17. The van der Waals surface area contributed by atoms with Crippen molar-refractivity contribution in [2.24, 2.45) is 0 Å². The van der Waals surface area contributed by atoms with E-state index in [9.17, 15) is 5.26 Å². The normalized spacial score (nSPS) is 10.5. The van der Waals surface area contributed by atoms with Crippen LogP contribution in [-0.2, 0) is 6.42 Å². The van der Waals surface area contributed by atoms with Crippen molar-refractivity contribution in [2.75, 3.05) is 17.6 Å². The molecule has 0 aliphatic heterocycles. The van der Waals surface area contributed by atoms with Gasteiger partial charge in [-0.25, -0.2) is 0 Å². The lowest BCUT2D eigenvalue weighted by atomic mass is 9.95. The number of nitrogens with zero attached hydrogens (tertiary/aromatic N) is 1. The van der Waals surface area contributed by atoms with Crippen LogP contribution in [0.2, 0.25) is 0 Å². The summed E-state index contributed by atoms with van der Waals surface area (Å²) in [6, 6.07) is 6.52. The van der Waals surface area contributed by atoms with Crippen LogP contribution in [-0.4, -0.2) is 6.54 Å². The van der Waals surface area contributed by atoms with E-state index in [4.69, 9.17) is 5.73 Å². The first-order valence-electron chi connectivity index (χ1n) is 8.06. The number of benzene rings is 2. The fourth-order valence-electron chi connectivity index (χ4n) is 3.19. The molecule has 24 heavy (non-hydrogen) atoms. The lowest BCUT2D eigenvalue weighted by Crippen LogP contribution is -2.10. The molecule has 0 fully saturated rings. The van der Waals surface area contributed by atoms with Crippen LogP contribution in [0.25, 0.3) is 0 Å². The largest absolute Gasteiger partial charge is 0.398 e. The van der Waals surface area contributed by atoms with Crippen molar-refractivity contribution in [3.63, 3.8) is 0 Å². The molecule has 0 saturated carbocycles. The Hall–Kier alpha value is -1.99. The zero-order chi connectivity index (χ0) is 18.0. The van der Waals surface area contributed by atoms with Gasteiger partial charge in [-0.15, -0.1) is 0 Å². The SMILES string of the molecule is Cc1cc(CCNc2c(C)cc(C)c(Br)c2C)c(C#N)c(C)c1N. The molecule has 0 aromatic heterocycles. The average molecular weight is 386 g/mol. The zero-order valence-electron chi connectivity index (χ0n) is 15.0. The smallest absolute Gasteiger partial charge is 0.0998 e. The minimum atomic E-state index is 0.707. The maximum Gasteiger partial charge on any atom is 0.0998 e. The summed E-state index contributed by atoms with van der Waals surface area (Å²) in [4.78, 5) is 0. The number of aryl methyl sites for hydroxylation is 3. The number of hydrogen-bond acceptors (Lipinski definition) is 3. The molecule has 4 heteroatoms. The Morgan fingerprint density at radius 2 is 1.71 bits per heavy atom. The van der Waals surface area contributed by atoms with Crippen LogP contribution < -0.4 is 11.1 Å². The number of nitriles is 1. The van der Waals surface area contributed by atoms with Crippen LogP contribution in [0, 0.1) is 45.9 Å². The summed E-state index contributed by atoms with van der Waals surface area (Å²) < 4.78 is 1.15. The number of rotatable bonds is 4. The van der Waals surface area contributed by atoms with Crippen molar-refractivity contribution in [2.45, 2.75) is 41.0 Å². The van der Waals surface area contributed by atoms with Crippen molar-refractivity contribution < 1.29 is 0 Å². The molecule has 3 nitrogen and oxygen atoms in total. The Kier molecular flexibility index (Phi) is 5.56. The average Bonchev–Trinajstić information content (AvgIpc) is 2.54. The van der Waals surface area contributed by atoms with Gasteiger partial charge in [0, 0.05) is 22.4 Å². The summed E-state index contributed by atoms with van der Waals surface area (Å²) in [5.41, 5.74) is 15.3. The fourth-order valence-corrected chi connectivity index (χ4v) is 3.50. The molecule has 0 aliphatic carbocycles. The minimum Gasteiger partial charge on any atom is -0.398 e. The first-order valence-corrected chi connectivity index (χ1v) is 8.86. The van der Waals surface area contributed by atoms with E-state index < -0.39 is 0 Å². The first kappa shape index (κ1) is 18.4. The van der Waals surface area contributed by atoms with Gasteiger partial charge in [0.25, 0.3) is 0 Å². The Labute approximate surface area is 153 Å². The van der Waals surface area contributed by atoms with Crippen LogP contribution >= 0.6 is 15.9 Å². The molecule has 0 radical (unpaired) electrons. The topological polar surface area (TPSA) is 61.8 Å². The van der Waals surface area contributed by atoms with Gasteiger partial charge in [-0.05, 0) is 74.4 Å². The fraction of sp³-hybridized carbons (Fsp3) is 0.350. The van der Waals surface area contributed by atoms with Crippen molar-refractivity contribution in [3.05, 3.63) is 55.5 Å². The van der Waals surface area contributed by atoms with Gasteiger partial charge >= 0.3 is 0 Å². The van der Waals surface area contributed by atoms with Crippen molar-refractivity contribution in [1.82, 2.24) is 0 Å². The van der Waals surface area contributed by atoms with Crippen LogP contribution in [0.1, 0.15) is 38.9 Å². The van der Waals surface area contributed by atoms with E-state index in [1.54, 1.807) is 0 Å². The first-order chi connectivity index (χ1) is 11.3. The Balaban J connectivity index is 2.23. The number of anilines is 2. The van der Waals surface area contributed by atoms with Gasteiger partial charge in [0.1, 0.15) is 0 Å². The summed E-state index contributed by atoms with van der Waals surface area (Å²) in [5.74, 6) is 0. The molecule has 2 aromatic carbocycles. The number of nitrogens with one attached hydrogen (secondary N) is 1. The Bertz CT molecular complexity index is 832. The van der Waals surface area contributed by atoms with Gasteiger partial charge in [-0.2, -0.15) is 5.26 Å². The van der Waals surface area contributed by atoms with Crippen molar-refractivity contribution in [3.8, 4) is 6.07 Å². The highest BCUT2D eigenvalue weighted by molar-refractivity contribution is 9.10. The van der Waals surface area contributed by atoms with Crippen molar-refractivity contribution in [1.29, 1.82) is 5.26 Å². The maximum atomic E-state index is 9.45. The summed E-state index contributed by atoms with van der Waals surface area (Å²) in [6.45, 7) is 11.0. The molecule has 126 valence electrons. The van der Waals surface area contributed by atoms with Crippen LogP contribution in [0.15, 0.2) is 16.6 Å². The number of nitrogen functional groups attached to an aromatic ring is 1. The zero-order valence-corrected chi connectivity index (χ0v) is 16.6. The van der Waals surface area contributed by atoms with Crippen LogP contribution in [0.5, 0.6) is 0 Å². The third kappa shape index (κ3) is 3.42. The number of nitrogens with two attached hydrogens (primary N) is 1. The Morgan fingerprint density at radius 3 is 2.33 bits per heavy atom. The summed E-state index contributed by atoms with van der Waals surface area (Å²) in [6.07, 6.45) is 0.787. The quantitative estimate of drug-likeness (QED) is 0.719. The third-order valence-electron chi connectivity index (χ3n) is 4.60. The van der Waals surface area contributed by atoms with E-state index in [2.05, 4.69) is 54.2 Å². The molecular weight excluding hydrogens is 362 g/mol. The molecule has 0 atom stereocenters. The minimum absolute atomic E-state index is 0.707. The standard InChI is InChI=1S/C20H24BrN3/c1-11-8-13(3)20(15(5)18(11)21)24-7-6-16-9-12(2)19(23)14(4)17(16)10-22/h8-9,24H,6-7,23H2,1-5H3. The van der Waals surface area contributed by atoms with Crippen LogP contribution in [0.3, 0.4) is 0 Å². The molecular formula is C20H24BrN3. The summed E-state index contributed by atoms with van der Waals surface area (Å²) in [5, 5.41) is 13.0. The predicted octanol–water partition coefficient (Wildman–Crippen LogP) is 5.10. The molecule has 0 heterocycles. The highest BCUT2D eigenvalue weighted by atomic mass is 79.9. The maximum absolute atomic E-state index is 9.45. The van der Waals surface area contributed by atoms with Gasteiger partial charge in [-0.3, -0.25) is 0 Å².